The van der Waals surface area contributed by atoms with Crippen molar-refractivity contribution < 1.29 is 14.3 Å². The summed E-state index contributed by atoms with van der Waals surface area (Å²) in [5, 5.41) is 10.7. The third kappa shape index (κ3) is 3.59. The van der Waals surface area contributed by atoms with E-state index in [2.05, 4.69) is 15.5 Å². The predicted molar refractivity (Wildman–Crippen MR) is 80.9 cm³/mol. The molecule has 0 bridgehead atoms. The van der Waals surface area contributed by atoms with E-state index in [1.807, 2.05) is 13.0 Å². The van der Waals surface area contributed by atoms with Crippen LogP contribution in [0.3, 0.4) is 0 Å². The first kappa shape index (κ1) is 14.5. The van der Waals surface area contributed by atoms with Crippen LogP contribution in [-0.4, -0.2) is 28.8 Å². The number of carbonyl (C=O) groups excluding carboxylic acids is 1. The number of carbonyl (C=O) groups is 1. The van der Waals surface area contributed by atoms with Gasteiger partial charge in [-0.15, -0.1) is 5.10 Å². The van der Waals surface area contributed by atoms with E-state index >= 15 is 0 Å². The molecule has 22 heavy (non-hydrogen) atoms. The molecule has 3 rings (SSSR count). The fourth-order valence-corrected chi connectivity index (χ4v) is 2.18. The van der Waals surface area contributed by atoms with Crippen molar-refractivity contribution in [2.45, 2.75) is 25.9 Å². The highest BCUT2D eigenvalue weighted by atomic mass is 16.5. The lowest BCUT2D eigenvalue weighted by Gasteiger charge is -2.11. The van der Waals surface area contributed by atoms with Gasteiger partial charge in [0, 0.05) is 18.4 Å². The number of ether oxygens (including phenoxy) is 2. The van der Waals surface area contributed by atoms with Gasteiger partial charge in [0.05, 0.1) is 5.69 Å². The SMILES string of the molecule is Cc1ccc(Oc2ccc(NC(=O)[C@@H]3CCCO3)cc2)nn1. The van der Waals surface area contributed by atoms with Crippen LogP contribution in [0.15, 0.2) is 36.4 Å². The number of nitrogens with one attached hydrogen (secondary N) is 1. The molecule has 1 aromatic carbocycles. The molecular formula is C16H17N3O3. The van der Waals surface area contributed by atoms with E-state index in [1.54, 1.807) is 30.3 Å². The molecule has 1 atom stereocenters. The summed E-state index contributed by atoms with van der Waals surface area (Å²) in [6.45, 7) is 2.52. The second kappa shape index (κ2) is 6.53. The molecule has 1 aliphatic rings. The highest BCUT2D eigenvalue weighted by molar-refractivity contribution is 5.94. The Bertz CT molecular complexity index is 635. The van der Waals surface area contributed by atoms with Crippen LogP contribution in [0.25, 0.3) is 0 Å². The second-order valence-electron chi connectivity index (χ2n) is 5.13. The first-order valence-electron chi connectivity index (χ1n) is 7.21. The molecule has 2 aromatic rings. The average Bonchev–Trinajstić information content (AvgIpc) is 3.06. The van der Waals surface area contributed by atoms with Gasteiger partial charge in [0.1, 0.15) is 11.9 Å². The summed E-state index contributed by atoms with van der Waals surface area (Å²) < 4.78 is 10.9. The Kier molecular flexibility index (Phi) is 4.29. The molecule has 6 heteroatoms. The van der Waals surface area contributed by atoms with Crippen LogP contribution in [-0.2, 0) is 9.53 Å². The third-order valence-corrected chi connectivity index (χ3v) is 3.34. The van der Waals surface area contributed by atoms with Gasteiger partial charge in [0.15, 0.2) is 0 Å². The molecule has 0 spiro atoms. The average molecular weight is 299 g/mol. The summed E-state index contributed by atoms with van der Waals surface area (Å²) in [6, 6.07) is 10.7. The topological polar surface area (TPSA) is 73.3 Å². The smallest absolute Gasteiger partial charge is 0.253 e. The van der Waals surface area contributed by atoms with Crippen molar-refractivity contribution in [3.05, 3.63) is 42.1 Å². The van der Waals surface area contributed by atoms with E-state index in [0.717, 1.165) is 18.5 Å². The summed E-state index contributed by atoms with van der Waals surface area (Å²) in [6.07, 6.45) is 1.38. The largest absolute Gasteiger partial charge is 0.438 e. The number of hydrogen-bond donors (Lipinski definition) is 1. The zero-order chi connectivity index (χ0) is 15.4. The lowest BCUT2D eigenvalue weighted by atomic mass is 10.2. The van der Waals surface area contributed by atoms with E-state index in [0.29, 0.717) is 23.9 Å². The Balaban J connectivity index is 1.60. The number of aromatic nitrogens is 2. The number of anilines is 1. The van der Waals surface area contributed by atoms with E-state index in [4.69, 9.17) is 9.47 Å². The van der Waals surface area contributed by atoms with Crippen LogP contribution < -0.4 is 10.1 Å². The normalized spacial score (nSPS) is 17.2. The molecule has 1 amide bonds. The molecule has 1 saturated heterocycles. The van der Waals surface area contributed by atoms with Crippen molar-refractivity contribution in [1.82, 2.24) is 10.2 Å². The maximum absolute atomic E-state index is 11.9. The molecule has 2 heterocycles. The lowest BCUT2D eigenvalue weighted by molar-refractivity contribution is -0.124. The second-order valence-corrected chi connectivity index (χ2v) is 5.13. The molecule has 6 nitrogen and oxygen atoms in total. The van der Waals surface area contributed by atoms with Crippen molar-refractivity contribution in [2.24, 2.45) is 0 Å². The minimum atomic E-state index is -0.334. The molecule has 0 saturated carbocycles. The molecule has 0 unspecified atom stereocenters. The van der Waals surface area contributed by atoms with Gasteiger partial charge in [0.2, 0.25) is 5.88 Å². The number of rotatable bonds is 4. The van der Waals surface area contributed by atoms with Crippen molar-refractivity contribution >= 4 is 11.6 Å². The Hall–Kier alpha value is -2.47. The van der Waals surface area contributed by atoms with Crippen LogP contribution in [0, 0.1) is 6.92 Å². The van der Waals surface area contributed by atoms with E-state index in [1.165, 1.54) is 0 Å². The van der Waals surface area contributed by atoms with E-state index in [-0.39, 0.29) is 12.0 Å². The monoisotopic (exact) mass is 299 g/mol. The summed E-state index contributed by atoms with van der Waals surface area (Å²) in [5.74, 6) is 0.963. The Morgan fingerprint density at radius 1 is 1.23 bits per heavy atom. The van der Waals surface area contributed by atoms with Crippen LogP contribution in [0.1, 0.15) is 18.5 Å². The summed E-state index contributed by atoms with van der Waals surface area (Å²) in [7, 11) is 0. The minimum absolute atomic E-state index is 0.101. The number of amides is 1. The van der Waals surface area contributed by atoms with Crippen molar-refractivity contribution in [2.75, 3.05) is 11.9 Å². The predicted octanol–water partition coefficient (Wildman–Crippen LogP) is 2.69. The maximum atomic E-state index is 11.9. The molecule has 1 aliphatic heterocycles. The van der Waals surface area contributed by atoms with Gasteiger partial charge >= 0.3 is 0 Å². The summed E-state index contributed by atoms with van der Waals surface area (Å²) >= 11 is 0. The number of benzene rings is 1. The Labute approximate surface area is 128 Å². The Morgan fingerprint density at radius 3 is 2.68 bits per heavy atom. The number of hydrogen-bond acceptors (Lipinski definition) is 5. The van der Waals surface area contributed by atoms with Crippen LogP contribution >= 0.6 is 0 Å². The zero-order valence-electron chi connectivity index (χ0n) is 12.3. The maximum Gasteiger partial charge on any atom is 0.253 e. The van der Waals surface area contributed by atoms with Gasteiger partial charge in [-0.1, -0.05) is 0 Å². The number of aryl methyl sites for hydroxylation is 1. The van der Waals surface area contributed by atoms with Gasteiger partial charge in [-0.05, 0) is 50.1 Å². The molecule has 114 valence electrons. The fraction of sp³-hybridized carbons (Fsp3) is 0.312. The summed E-state index contributed by atoms with van der Waals surface area (Å²) in [4.78, 5) is 11.9. The van der Waals surface area contributed by atoms with Gasteiger partial charge in [-0.25, -0.2) is 0 Å². The van der Waals surface area contributed by atoms with Gasteiger partial charge in [-0.3, -0.25) is 4.79 Å². The third-order valence-electron chi connectivity index (χ3n) is 3.34. The first-order chi connectivity index (χ1) is 10.7. The fourth-order valence-electron chi connectivity index (χ4n) is 2.18. The van der Waals surface area contributed by atoms with Gasteiger partial charge in [0.25, 0.3) is 5.91 Å². The van der Waals surface area contributed by atoms with Gasteiger partial charge in [-0.2, -0.15) is 5.10 Å². The highest BCUT2D eigenvalue weighted by Crippen LogP contribution is 2.22. The van der Waals surface area contributed by atoms with Crippen LogP contribution in [0.4, 0.5) is 5.69 Å². The summed E-state index contributed by atoms with van der Waals surface area (Å²) in [5.41, 5.74) is 1.54. The molecule has 1 fully saturated rings. The Morgan fingerprint density at radius 2 is 2.05 bits per heavy atom. The van der Waals surface area contributed by atoms with Crippen molar-refractivity contribution in [1.29, 1.82) is 0 Å². The first-order valence-corrected chi connectivity index (χ1v) is 7.21. The lowest BCUT2D eigenvalue weighted by Crippen LogP contribution is -2.26. The molecule has 0 aliphatic carbocycles. The molecular weight excluding hydrogens is 282 g/mol. The molecule has 0 radical (unpaired) electrons. The van der Waals surface area contributed by atoms with Crippen molar-refractivity contribution in [3.63, 3.8) is 0 Å². The zero-order valence-corrected chi connectivity index (χ0v) is 12.3. The van der Waals surface area contributed by atoms with E-state index < -0.39 is 0 Å². The number of nitrogens with zero attached hydrogens (tertiary/aromatic N) is 2. The molecule has 1 aromatic heterocycles. The minimum Gasteiger partial charge on any atom is -0.438 e. The van der Waals surface area contributed by atoms with Crippen molar-refractivity contribution in [3.8, 4) is 11.6 Å². The van der Waals surface area contributed by atoms with Crippen LogP contribution in [0.2, 0.25) is 0 Å². The standard InChI is InChI=1S/C16H17N3O3/c1-11-4-9-15(19-18-11)22-13-7-5-12(6-8-13)17-16(20)14-3-2-10-21-14/h4-9,14H,2-3,10H2,1H3,(H,17,20)/t14-/m0/s1. The molecule has 1 N–H and O–H groups in total. The van der Waals surface area contributed by atoms with Crippen LogP contribution in [0.5, 0.6) is 11.6 Å². The quantitative estimate of drug-likeness (QED) is 0.939. The van der Waals surface area contributed by atoms with E-state index in [9.17, 15) is 4.79 Å². The highest BCUT2D eigenvalue weighted by Gasteiger charge is 2.23. The van der Waals surface area contributed by atoms with Gasteiger partial charge < -0.3 is 14.8 Å².